The standard InChI is InChI=1S/C15H12BrClFNO2/c1-21-15(20)12-7-11(17)4-5-14(12)19-8-9-2-3-10(16)6-13(9)18/h2-7,19H,8H2,1H3. The van der Waals surface area contributed by atoms with E-state index in [-0.39, 0.29) is 12.4 Å². The molecule has 2 aromatic rings. The van der Waals surface area contributed by atoms with Gasteiger partial charge in [-0.1, -0.05) is 33.6 Å². The Bertz CT molecular complexity index is 679. The Morgan fingerprint density at radius 2 is 2.10 bits per heavy atom. The van der Waals surface area contributed by atoms with E-state index >= 15 is 0 Å². The zero-order valence-electron chi connectivity index (χ0n) is 11.1. The van der Waals surface area contributed by atoms with Crippen molar-refractivity contribution in [3.63, 3.8) is 0 Å². The Labute approximate surface area is 135 Å². The molecule has 0 aliphatic carbocycles. The maximum atomic E-state index is 13.8. The first-order valence-electron chi connectivity index (χ1n) is 6.07. The lowest BCUT2D eigenvalue weighted by Gasteiger charge is -2.12. The van der Waals surface area contributed by atoms with Crippen molar-refractivity contribution in [2.75, 3.05) is 12.4 Å². The largest absolute Gasteiger partial charge is 0.465 e. The highest BCUT2D eigenvalue weighted by Gasteiger charge is 2.13. The lowest BCUT2D eigenvalue weighted by atomic mass is 10.1. The van der Waals surface area contributed by atoms with Gasteiger partial charge in [-0.3, -0.25) is 0 Å². The monoisotopic (exact) mass is 371 g/mol. The zero-order chi connectivity index (χ0) is 15.4. The summed E-state index contributed by atoms with van der Waals surface area (Å²) in [6.07, 6.45) is 0. The Balaban J connectivity index is 2.21. The molecule has 0 bridgehead atoms. The van der Waals surface area contributed by atoms with E-state index in [9.17, 15) is 9.18 Å². The summed E-state index contributed by atoms with van der Waals surface area (Å²) in [5.41, 5.74) is 1.33. The van der Waals surface area contributed by atoms with Crippen LogP contribution in [0.1, 0.15) is 15.9 Å². The second-order valence-corrected chi connectivity index (χ2v) is 5.62. The van der Waals surface area contributed by atoms with Gasteiger partial charge < -0.3 is 10.1 Å². The van der Waals surface area contributed by atoms with E-state index in [1.165, 1.54) is 19.2 Å². The molecule has 0 radical (unpaired) electrons. The highest BCUT2D eigenvalue weighted by atomic mass is 79.9. The van der Waals surface area contributed by atoms with E-state index in [0.29, 0.717) is 26.3 Å². The Hall–Kier alpha value is -1.59. The minimum atomic E-state index is -0.503. The van der Waals surface area contributed by atoms with Crippen LogP contribution in [0.4, 0.5) is 10.1 Å². The second-order valence-electron chi connectivity index (χ2n) is 4.27. The Morgan fingerprint density at radius 1 is 1.33 bits per heavy atom. The number of anilines is 1. The molecule has 1 N–H and O–H groups in total. The molecule has 6 heteroatoms. The minimum absolute atomic E-state index is 0.241. The van der Waals surface area contributed by atoms with Crippen LogP contribution in [-0.2, 0) is 11.3 Å². The van der Waals surface area contributed by atoms with Gasteiger partial charge in [0.15, 0.2) is 0 Å². The van der Waals surface area contributed by atoms with E-state index in [1.54, 1.807) is 24.3 Å². The molecule has 0 saturated carbocycles. The molecule has 0 spiro atoms. The van der Waals surface area contributed by atoms with Gasteiger partial charge in [-0.25, -0.2) is 9.18 Å². The van der Waals surface area contributed by atoms with Crippen molar-refractivity contribution in [2.45, 2.75) is 6.54 Å². The van der Waals surface area contributed by atoms with Crippen molar-refractivity contribution in [3.05, 3.63) is 62.8 Å². The summed E-state index contributed by atoms with van der Waals surface area (Å²) in [7, 11) is 1.29. The topological polar surface area (TPSA) is 38.3 Å². The second kappa shape index (κ2) is 6.91. The number of benzene rings is 2. The highest BCUT2D eigenvalue weighted by Crippen LogP contribution is 2.23. The zero-order valence-corrected chi connectivity index (χ0v) is 13.5. The lowest BCUT2D eigenvalue weighted by molar-refractivity contribution is 0.0602. The summed E-state index contributed by atoms with van der Waals surface area (Å²) in [5, 5.41) is 3.44. The van der Waals surface area contributed by atoms with Crippen LogP contribution < -0.4 is 5.32 Å². The summed E-state index contributed by atoms with van der Waals surface area (Å²) >= 11 is 9.08. The summed E-state index contributed by atoms with van der Waals surface area (Å²) in [5.74, 6) is -0.832. The number of esters is 1. The van der Waals surface area contributed by atoms with Crippen molar-refractivity contribution >= 4 is 39.2 Å². The summed E-state index contributed by atoms with van der Waals surface area (Å²) in [6.45, 7) is 0.241. The van der Waals surface area contributed by atoms with Gasteiger partial charge in [0.05, 0.1) is 12.7 Å². The Morgan fingerprint density at radius 3 is 2.76 bits per heavy atom. The van der Waals surface area contributed by atoms with Crippen LogP contribution in [0.5, 0.6) is 0 Å². The van der Waals surface area contributed by atoms with E-state index in [1.807, 2.05) is 0 Å². The summed E-state index contributed by atoms with van der Waals surface area (Å²) < 4.78 is 19.1. The average molecular weight is 373 g/mol. The fraction of sp³-hybridized carbons (Fsp3) is 0.133. The molecular formula is C15H12BrClFNO2. The van der Waals surface area contributed by atoms with E-state index in [4.69, 9.17) is 16.3 Å². The molecule has 2 rings (SSSR count). The molecular weight excluding hydrogens is 361 g/mol. The van der Waals surface area contributed by atoms with E-state index in [2.05, 4.69) is 21.2 Å². The van der Waals surface area contributed by atoms with E-state index in [0.717, 1.165) is 0 Å². The number of methoxy groups -OCH3 is 1. The van der Waals surface area contributed by atoms with Crippen LogP contribution in [0.2, 0.25) is 5.02 Å². The third kappa shape index (κ3) is 3.95. The van der Waals surface area contributed by atoms with Crippen LogP contribution in [0.15, 0.2) is 40.9 Å². The molecule has 0 amide bonds. The average Bonchev–Trinajstić information content (AvgIpc) is 2.46. The van der Waals surface area contributed by atoms with Crippen LogP contribution >= 0.6 is 27.5 Å². The SMILES string of the molecule is COC(=O)c1cc(Cl)ccc1NCc1ccc(Br)cc1F. The molecule has 0 unspecified atom stereocenters. The first-order valence-corrected chi connectivity index (χ1v) is 7.24. The molecule has 0 atom stereocenters. The van der Waals surface area contributed by atoms with E-state index < -0.39 is 5.97 Å². The maximum Gasteiger partial charge on any atom is 0.340 e. The van der Waals surface area contributed by atoms with Gasteiger partial charge >= 0.3 is 5.97 Å². The number of carbonyl (C=O) groups is 1. The molecule has 21 heavy (non-hydrogen) atoms. The molecule has 0 saturated heterocycles. The molecule has 2 aromatic carbocycles. The third-order valence-corrected chi connectivity index (χ3v) is 3.60. The van der Waals surface area contributed by atoms with Crippen LogP contribution in [0.3, 0.4) is 0 Å². The van der Waals surface area contributed by atoms with Crippen LogP contribution in [0.25, 0.3) is 0 Å². The van der Waals surface area contributed by atoms with Gasteiger partial charge in [0.2, 0.25) is 0 Å². The molecule has 0 aliphatic rings. The normalized spacial score (nSPS) is 10.3. The number of hydrogen-bond donors (Lipinski definition) is 1. The summed E-state index contributed by atoms with van der Waals surface area (Å²) in [4.78, 5) is 11.7. The van der Waals surface area contributed by atoms with Crippen molar-refractivity contribution in [3.8, 4) is 0 Å². The predicted molar refractivity (Wildman–Crippen MR) is 84.2 cm³/mol. The molecule has 0 fully saturated rings. The lowest BCUT2D eigenvalue weighted by Crippen LogP contribution is -2.09. The molecule has 0 aliphatic heterocycles. The number of halogens is 3. The first-order chi connectivity index (χ1) is 10.0. The van der Waals surface area contributed by atoms with Crippen molar-refractivity contribution < 1.29 is 13.9 Å². The number of rotatable bonds is 4. The van der Waals surface area contributed by atoms with Crippen molar-refractivity contribution in [1.82, 2.24) is 0 Å². The third-order valence-electron chi connectivity index (χ3n) is 2.87. The molecule has 0 heterocycles. The fourth-order valence-electron chi connectivity index (χ4n) is 1.80. The number of nitrogens with one attached hydrogen (secondary N) is 1. The van der Waals surface area contributed by atoms with Gasteiger partial charge in [-0.15, -0.1) is 0 Å². The van der Waals surface area contributed by atoms with Gasteiger partial charge in [0.25, 0.3) is 0 Å². The van der Waals surface area contributed by atoms with Gasteiger partial charge in [0.1, 0.15) is 5.82 Å². The van der Waals surface area contributed by atoms with Crippen LogP contribution in [-0.4, -0.2) is 13.1 Å². The van der Waals surface area contributed by atoms with Crippen LogP contribution in [0, 0.1) is 5.82 Å². The van der Waals surface area contributed by atoms with Gasteiger partial charge in [-0.05, 0) is 30.3 Å². The highest BCUT2D eigenvalue weighted by molar-refractivity contribution is 9.10. The molecule has 0 aromatic heterocycles. The van der Waals surface area contributed by atoms with Gasteiger partial charge in [-0.2, -0.15) is 0 Å². The van der Waals surface area contributed by atoms with Crippen molar-refractivity contribution in [1.29, 1.82) is 0 Å². The molecule has 3 nitrogen and oxygen atoms in total. The number of ether oxygens (including phenoxy) is 1. The quantitative estimate of drug-likeness (QED) is 0.795. The van der Waals surface area contributed by atoms with Crippen molar-refractivity contribution in [2.24, 2.45) is 0 Å². The molecule has 110 valence electrons. The number of hydrogen-bond acceptors (Lipinski definition) is 3. The van der Waals surface area contributed by atoms with Gasteiger partial charge in [0, 0.05) is 27.3 Å². The number of carbonyl (C=O) groups excluding carboxylic acids is 1. The minimum Gasteiger partial charge on any atom is -0.465 e. The first kappa shape index (κ1) is 15.8. The summed E-state index contributed by atoms with van der Waals surface area (Å²) in [6, 6.07) is 9.62. The maximum absolute atomic E-state index is 13.8. The fourth-order valence-corrected chi connectivity index (χ4v) is 2.31. The predicted octanol–water partition coefficient (Wildman–Crippen LogP) is 4.64. The smallest absolute Gasteiger partial charge is 0.340 e. The Kier molecular flexibility index (Phi) is 5.20.